The summed E-state index contributed by atoms with van der Waals surface area (Å²) in [6, 6.07) is 0.517. The first-order chi connectivity index (χ1) is 6.90. The van der Waals surface area contributed by atoms with Gasteiger partial charge in [-0.15, -0.1) is 11.3 Å². The molecule has 78 valence electrons. The van der Waals surface area contributed by atoms with Gasteiger partial charge in [0.05, 0.1) is 6.10 Å². The highest BCUT2D eigenvalue weighted by Crippen LogP contribution is 2.21. The van der Waals surface area contributed by atoms with Gasteiger partial charge in [0.1, 0.15) is 5.01 Å². The van der Waals surface area contributed by atoms with Crippen LogP contribution < -0.4 is 5.32 Å². The third kappa shape index (κ3) is 2.32. The fraction of sp³-hybridized carbons (Fsp3) is 0.700. The van der Waals surface area contributed by atoms with E-state index in [-0.39, 0.29) is 0 Å². The third-order valence-electron chi connectivity index (χ3n) is 2.75. The smallest absolute Gasteiger partial charge is 0.106 e. The fourth-order valence-electron chi connectivity index (χ4n) is 2.00. The molecule has 1 aromatic rings. The number of hydrogen-bond donors (Lipinski definition) is 1. The second-order valence-electron chi connectivity index (χ2n) is 3.62. The van der Waals surface area contributed by atoms with E-state index in [2.05, 4.69) is 10.3 Å². The van der Waals surface area contributed by atoms with E-state index in [4.69, 9.17) is 4.74 Å². The summed E-state index contributed by atoms with van der Waals surface area (Å²) in [6.07, 6.45) is 5.93. The van der Waals surface area contributed by atoms with Gasteiger partial charge < -0.3 is 10.1 Å². The van der Waals surface area contributed by atoms with Crippen LogP contribution in [0.3, 0.4) is 0 Å². The highest BCUT2D eigenvalue weighted by atomic mass is 32.1. The van der Waals surface area contributed by atoms with Crippen LogP contribution in [0, 0.1) is 0 Å². The van der Waals surface area contributed by atoms with E-state index in [9.17, 15) is 0 Å². The maximum absolute atomic E-state index is 5.41. The standard InChI is InChI=1S/C10H16N2OS/c1-13-9-4-2-3-8(9)12-7-10-11-5-6-14-10/h5-6,8-9,12H,2-4,7H2,1H3. The Hall–Kier alpha value is -0.450. The molecule has 0 bridgehead atoms. The van der Waals surface area contributed by atoms with Crippen molar-refractivity contribution in [1.29, 1.82) is 0 Å². The minimum atomic E-state index is 0.398. The molecule has 0 aromatic carbocycles. The lowest BCUT2D eigenvalue weighted by Crippen LogP contribution is -2.36. The predicted molar refractivity (Wildman–Crippen MR) is 57.4 cm³/mol. The van der Waals surface area contributed by atoms with E-state index in [0.29, 0.717) is 12.1 Å². The number of aromatic nitrogens is 1. The van der Waals surface area contributed by atoms with E-state index in [1.54, 1.807) is 18.4 Å². The number of thiazole rings is 1. The van der Waals surface area contributed by atoms with Crippen LogP contribution in [0.5, 0.6) is 0 Å². The largest absolute Gasteiger partial charge is 0.380 e. The molecule has 1 N–H and O–H groups in total. The zero-order valence-electron chi connectivity index (χ0n) is 8.40. The molecule has 3 nitrogen and oxygen atoms in total. The van der Waals surface area contributed by atoms with Gasteiger partial charge in [-0.05, 0) is 19.3 Å². The number of nitrogens with zero attached hydrogens (tertiary/aromatic N) is 1. The zero-order valence-corrected chi connectivity index (χ0v) is 9.22. The third-order valence-corrected chi connectivity index (χ3v) is 3.53. The average molecular weight is 212 g/mol. The van der Waals surface area contributed by atoms with Crippen molar-refractivity contribution < 1.29 is 4.74 Å². The highest BCUT2D eigenvalue weighted by Gasteiger charge is 2.26. The van der Waals surface area contributed by atoms with Crippen molar-refractivity contribution in [3.05, 3.63) is 16.6 Å². The molecule has 0 saturated heterocycles. The molecule has 1 aromatic heterocycles. The second kappa shape index (κ2) is 4.87. The first kappa shape index (κ1) is 10.1. The number of nitrogens with one attached hydrogen (secondary N) is 1. The molecule has 1 fully saturated rings. The van der Waals surface area contributed by atoms with Crippen molar-refractivity contribution in [2.24, 2.45) is 0 Å². The first-order valence-electron chi connectivity index (χ1n) is 5.04. The number of rotatable bonds is 4. The molecule has 1 saturated carbocycles. The van der Waals surface area contributed by atoms with Crippen LogP contribution in [-0.2, 0) is 11.3 Å². The Morgan fingerprint density at radius 1 is 1.64 bits per heavy atom. The molecule has 2 rings (SSSR count). The summed E-state index contributed by atoms with van der Waals surface area (Å²) in [5.41, 5.74) is 0. The van der Waals surface area contributed by atoms with Crippen molar-refractivity contribution in [2.75, 3.05) is 7.11 Å². The zero-order chi connectivity index (χ0) is 9.80. The molecule has 0 aliphatic heterocycles. The molecule has 1 heterocycles. The number of methoxy groups -OCH3 is 1. The van der Waals surface area contributed by atoms with Crippen LogP contribution in [0.25, 0.3) is 0 Å². The first-order valence-corrected chi connectivity index (χ1v) is 5.92. The Morgan fingerprint density at radius 2 is 2.57 bits per heavy atom. The fourth-order valence-corrected chi connectivity index (χ4v) is 2.57. The Bertz CT molecular complexity index is 263. The van der Waals surface area contributed by atoms with Gasteiger partial charge in [-0.25, -0.2) is 4.98 Å². The lowest BCUT2D eigenvalue weighted by Gasteiger charge is -2.18. The maximum Gasteiger partial charge on any atom is 0.106 e. The molecule has 2 atom stereocenters. The van der Waals surface area contributed by atoms with Crippen LogP contribution in [0.15, 0.2) is 11.6 Å². The van der Waals surface area contributed by atoms with Gasteiger partial charge in [-0.2, -0.15) is 0 Å². The Labute approximate surface area is 88.5 Å². The van der Waals surface area contributed by atoms with Crippen molar-refractivity contribution in [3.63, 3.8) is 0 Å². The molecule has 0 radical (unpaired) electrons. The van der Waals surface area contributed by atoms with Crippen molar-refractivity contribution >= 4 is 11.3 Å². The maximum atomic E-state index is 5.41. The quantitative estimate of drug-likeness (QED) is 0.826. The molecule has 14 heavy (non-hydrogen) atoms. The number of ether oxygens (including phenoxy) is 1. The summed E-state index contributed by atoms with van der Waals surface area (Å²) in [7, 11) is 1.80. The molecular formula is C10H16N2OS. The monoisotopic (exact) mass is 212 g/mol. The predicted octanol–water partition coefficient (Wildman–Crippen LogP) is 1.80. The van der Waals surface area contributed by atoms with E-state index in [1.165, 1.54) is 19.3 Å². The van der Waals surface area contributed by atoms with E-state index in [0.717, 1.165) is 11.6 Å². The van der Waals surface area contributed by atoms with Gasteiger partial charge in [0, 0.05) is 31.3 Å². The highest BCUT2D eigenvalue weighted by molar-refractivity contribution is 7.09. The number of hydrogen-bond acceptors (Lipinski definition) is 4. The average Bonchev–Trinajstić information content (AvgIpc) is 2.85. The Kier molecular flexibility index (Phi) is 3.50. The lowest BCUT2D eigenvalue weighted by molar-refractivity contribution is 0.0847. The lowest BCUT2D eigenvalue weighted by atomic mass is 10.2. The summed E-state index contributed by atoms with van der Waals surface area (Å²) in [4.78, 5) is 4.24. The summed E-state index contributed by atoms with van der Waals surface area (Å²) in [5, 5.41) is 6.68. The minimum Gasteiger partial charge on any atom is -0.380 e. The summed E-state index contributed by atoms with van der Waals surface area (Å²) < 4.78 is 5.41. The van der Waals surface area contributed by atoms with Crippen molar-refractivity contribution in [2.45, 2.75) is 38.0 Å². The normalized spacial score (nSPS) is 26.9. The SMILES string of the molecule is COC1CCCC1NCc1nccs1. The minimum absolute atomic E-state index is 0.398. The second-order valence-corrected chi connectivity index (χ2v) is 4.60. The molecule has 1 aliphatic rings. The Balaban J connectivity index is 1.80. The van der Waals surface area contributed by atoms with Crippen LogP contribution in [0.4, 0.5) is 0 Å². The van der Waals surface area contributed by atoms with E-state index >= 15 is 0 Å². The van der Waals surface area contributed by atoms with Gasteiger partial charge in [-0.1, -0.05) is 0 Å². The van der Waals surface area contributed by atoms with Crippen LogP contribution in [0.2, 0.25) is 0 Å². The molecule has 2 unspecified atom stereocenters. The van der Waals surface area contributed by atoms with Gasteiger partial charge in [0.25, 0.3) is 0 Å². The molecule has 0 spiro atoms. The van der Waals surface area contributed by atoms with Crippen LogP contribution in [-0.4, -0.2) is 24.2 Å². The summed E-state index contributed by atoms with van der Waals surface area (Å²) in [5.74, 6) is 0. The Morgan fingerprint density at radius 3 is 3.29 bits per heavy atom. The van der Waals surface area contributed by atoms with Crippen LogP contribution in [0.1, 0.15) is 24.3 Å². The molecular weight excluding hydrogens is 196 g/mol. The summed E-state index contributed by atoms with van der Waals surface area (Å²) >= 11 is 1.70. The molecule has 1 aliphatic carbocycles. The van der Waals surface area contributed by atoms with Gasteiger partial charge in [-0.3, -0.25) is 0 Å². The van der Waals surface area contributed by atoms with Gasteiger partial charge in [0.2, 0.25) is 0 Å². The van der Waals surface area contributed by atoms with Crippen LogP contribution >= 0.6 is 11.3 Å². The van der Waals surface area contributed by atoms with Crippen molar-refractivity contribution in [3.8, 4) is 0 Å². The molecule has 4 heteroatoms. The van der Waals surface area contributed by atoms with Gasteiger partial charge >= 0.3 is 0 Å². The topological polar surface area (TPSA) is 34.1 Å². The summed E-state index contributed by atoms with van der Waals surface area (Å²) in [6.45, 7) is 0.877. The van der Waals surface area contributed by atoms with Crippen molar-refractivity contribution in [1.82, 2.24) is 10.3 Å². The van der Waals surface area contributed by atoms with Gasteiger partial charge in [0.15, 0.2) is 0 Å². The van der Waals surface area contributed by atoms with E-state index in [1.807, 2.05) is 11.6 Å². The van der Waals surface area contributed by atoms with E-state index < -0.39 is 0 Å². The molecule has 0 amide bonds.